The SMILES string of the molecule is CCN1CCN(c2ccc(S(=O)(=O)N(CC)CC)cc2NC(=O)CC(C)c2ccccc2)CC1. The van der Waals surface area contributed by atoms with Crippen LogP contribution >= 0.6 is 0 Å². The van der Waals surface area contributed by atoms with E-state index in [1.165, 1.54) is 4.31 Å². The third kappa shape index (κ3) is 6.17. The molecule has 2 aromatic rings. The number of anilines is 2. The Morgan fingerprint density at radius 3 is 2.24 bits per heavy atom. The molecule has 3 rings (SSSR count). The van der Waals surface area contributed by atoms with Crippen molar-refractivity contribution in [2.24, 2.45) is 0 Å². The highest BCUT2D eigenvalue weighted by atomic mass is 32.2. The first-order valence-electron chi connectivity index (χ1n) is 12.3. The van der Waals surface area contributed by atoms with E-state index in [1.54, 1.807) is 12.1 Å². The summed E-state index contributed by atoms with van der Waals surface area (Å²) >= 11 is 0. The van der Waals surface area contributed by atoms with Crippen molar-refractivity contribution in [3.63, 3.8) is 0 Å². The molecule has 1 aliphatic heterocycles. The molecule has 1 aliphatic rings. The summed E-state index contributed by atoms with van der Waals surface area (Å²) in [7, 11) is -3.63. The molecule has 0 bridgehead atoms. The van der Waals surface area contributed by atoms with Gasteiger partial charge >= 0.3 is 0 Å². The number of carbonyl (C=O) groups is 1. The average molecular weight is 487 g/mol. The molecule has 34 heavy (non-hydrogen) atoms. The minimum atomic E-state index is -3.63. The number of hydrogen-bond acceptors (Lipinski definition) is 5. The quantitative estimate of drug-likeness (QED) is 0.550. The number of hydrogen-bond donors (Lipinski definition) is 1. The number of rotatable bonds is 10. The molecule has 2 aromatic carbocycles. The molecular formula is C26H38N4O3S. The molecule has 0 radical (unpaired) electrons. The topological polar surface area (TPSA) is 73.0 Å². The Bertz CT molecular complexity index is 1050. The summed E-state index contributed by atoms with van der Waals surface area (Å²) in [6.07, 6.45) is 0.320. The molecule has 0 saturated carbocycles. The molecule has 0 spiro atoms. The van der Waals surface area contributed by atoms with Gasteiger partial charge in [-0.1, -0.05) is 58.0 Å². The Morgan fingerprint density at radius 1 is 1.00 bits per heavy atom. The minimum Gasteiger partial charge on any atom is -0.367 e. The van der Waals surface area contributed by atoms with Crippen molar-refractivity contribution < 1.29 is 13.2 Å². The van der Waals surface area contributed by atoms with Gasteiger partial charge < -0.3 is 15.1 Å². The van der Waals surface area contributed by atoms with E-state index in [4.69, 9.17) is 0 Å². The Morgan fingerprint density at radius 2 is 1.65 bits per heavy atom. The summed E-state index contributed by atoms with van der Waals surface area (Å²) in [6.45, 7) is 13.2. The monoisotopic (exact) mass is 486 g/mol. The van der Waals surface area contributed by atoms with E-state index in [-0.39, 0.29) is 16.7 Å². The number of nitrogens with zero attached hydrogens (tertiary/aromatic N) is 3. The summed E-state index contributed by atoms with van der Waals surface area (Å²) in [5.41, 5.74) is 2.53. The van der Waals surface area contributed by atoms with Crippen LogP contribution in [-0.2, 0) is 14.8 Å². The fourth-order valence-corrected chi connectivity index (χ4v) is 5.93. The molecular weight excluding hydrogens is 448 g/mol. The second kappa shape index (κ2) is 11.8. The van der Waals surface area contributed by atoms with Crippen LogP contribution in [0, 0.1) is 0 Å². The summed E-state index contributed by atoms with van der Waals surface area (Å²) in [4.78, 5) is 17.9. The van der Waals surface area contributed by atoms with Crippen LogP contribution in [0.4, 0.5) is 11.4 Å². The van der Waals surface area contributed by atoms with Gasteiger partial charge in [0.25, 0.3) is 0 Å². The van der Waals surface area contributed by atoms with Crippen molar-refractivity contribution in [3.8, 4) is 0 Å². The number of nitrogens with one attached hydrogen (secondary N) is 1. The highest BCUT2D eigenvalue weighted by Gasteiger charge is 2.25. The molecule has 1 heterocycles. The third-order valence-electron chi connectivity index (χ3n) is 6.61. The minimum absolute atomic E-state index is 0.0559. The Hall–Kier alpha value is -2.42. The van der Waals surface area contributed by atoms with Gasteiger partial charge in [-0.15, -0.1) is 0 Å². The van der Waals surface area contributed by atoms with Gasteiger partial charge in [0.2, 0.25) is 15.9 Å². The lowest BCUT2D eigenvalue weighted by Gasteiger charge is -2.36. The second-order valence-corrected chi connectivity index (χ2v) is 10.7. The molecule has 7 nitrogen and oxygen atoms in total. The van der Waals surface area contributed by atoms with Gasteiger partial charge in [-0.05, 0) is 36.2 Å². The zero-order valence-corrected chi connectivity index (χ0v) is 21.6. The van der Waals surface area contributed by atoms with E-state index < -0.39 is 10.0 Å². The van der Waals surface area contributed by atoms with Crippen molar-refractivity contribution in [2.75, 3.05) is 56.0 Å². The standard InChI is InChI=1S/C26H38N4O3S/c1-5-28-15-17-29(18-16-28)25-14-13-23(34(32,33)30(6-2)7-3)20-24(25)27-26(31)19-21(4)22-11-9-8-10-12-22/h8-14,20-21H,5-7,15-19H2,1-4H3,(H,27,31). The first kappa shape index (κ1) is 26.2. The van der Waals surface area contributed by atoms with Crippen LogP contribution in [0.1, 0.15) is 45.6 Å². The summed E-state index contributed by atoms with van der Waals surface area (Å²) in [6, 6.07) is 15.1. The molecule has 1 fully saturated rings. The third-order valence-corrected chi connectivity index (χ3v) is 8.65. The van der Waals surface area contributed by atoms with Crippen molar-refractivity contribution in [1.82, 2.24) is 9.21 Å². The van der Waals surface area contributed by atoms with Gasteiger partial charge in [0.1, 0.15) is 0 Å². The first-order chi connectivity index (χ1) is 16.3. The van der Waals surface area contributed by atoms with E-state index in [1.807, 2.05) is 57.2 Å². The average Bonchev–Trinajstić information content (AvgIpc) is 2.85. The van der Waals surface area contributed by atoms with Crippen LogP contribution in [-0.4, -0.2) is 69.3 Å². The maximum Gasteiger partial charge on any atom is 0.243 e. The number of benzene rings is 2. The lowest BCUT2D eigenvalue weighted by Crippen LogP contribution is -2.46. The Balaban J connectivity index is 1.88. The van der Waals surface area contributed by atoms with Crippen LogP contribution < -0.4 is 10.2 Å². The molecule has 0 aliphatic carbocycles. The number of likely N-dealkylation sites (N-methyl/N-ethyl adjacent to an activating group) is 1. The zero-order valence-electron chi connectivity index (χ0n) is 20.8. The second-order valence-electron chi connectivity index (χ2n) is 8.75. The first-order valence-corrected chi connectivity index (χ1v) is 13.7. The largest absolute Gasteiger partial charge is 0.367 e. The van der Waals surface area contributed by atoms with Gasteiger partial charge in [-0.25, -0.2) is 8.42 Å². The Labute approximate surface area is 204 Å². The van der Waals surface area contributed by atoms with E-state index in [9.17, 15) is 13.2 Å². The molecule has 1 amide bonds. The Kier molecular flexibility index (Phi) is 9.10. The van der Waals surface area contributed by atoms with Gasteiger partial charge in [0.05, 0.1) is 16.3 Å². The van der Waals surface area contributed by atoms with Gasteiger partial charge in [0.15, 0.2) is 0 Å². The van der Waals surface area contributed by atoms with Crippen LogP contribution in [0.5, 0.6) is 0 Å². The van der Waals surface area contributed by atoms with Gasteiger partial charge in [-0.3, -0.25) is 4.79 Å². The van der Waals surface area contributed by atoms with Crippen molar-refractivity contribution in [2.45, 2.75) is 44.9 Å². The van der Waals surface area contributed by atoms with E-state index in [0.717, 1.165) is 44.0 Å². The highest BCUT2D eigenvalue weighted by Crippen LogP contribution is 2.32. The summed E-state index contributed by atoms with van der Waals surface area (Å²) in [5.74, 6) is -0.0671. The zero-order chi connectivity index (χ0) is 24.7. The normalized spacial score (nSPS) is 16.0. The molecule has 8 heteroatoms. The maximum atomic E-state index is 13.2. The predicted molar refractivity (Wildman–Crippen MR) is 139 cm³/mol. The molecule has 1 unspecified atom stereocenters. The number of piperazine rings is 1. The van der Waals surface area contributed by atoms with Crippen LogP contribution in [0.15, 0.2) is 53.4 Å². The van der Waals surface area contributed by atoms with E-state index >= 15 is 0 Å². The lowest BCUT2D eigenvalue weighted by molar-refractivity contribution is -0.116. The van der Waals surface area contributed by atoms with Crippen molar-refractivity contribution >= 4 is 27.3 Å². The summed E-state index contributed by atoms with van der Waals surface area (Å²) in [5, 5.41) is 3.04. The highest BCUT2D eigenvalue weighted by molar-refractivity contribution is 7.89. The van der Waals surface area contributed by atoms with Crippen LogP contribution in [0.25, 0.3) is 0 Å². The molecule has 186 valence electrons. The van der Waals surface area contributed by atoms with Crippen LogP contribution in [0.2, 0.25) is 0 Å². The maximum absolute atomic E-state index is 13.2. The summed E-state index contributed by atoms with van der Waals surface area (Å²) < 4.78 is 27.8. The van der Waals surface area contributed by atoms with Gasteiger partial charge in [-0.2, -0.15) is 4.31 Å². The number of sulfonamides is 1. The molecule has 0 aromatic heterocycles. The van der Waals surface area contributed by atoms with Crippen molar-refractivity contribution in [3.05, 3.63) is 54.1 Å². The fraction of sp³-hybridized carbons (Fsp3) is 0.500. The smallest absolute Gasteiger partial charge is 0.243 e. The van der Waals surface area contributed by atoms with Crippen molar-refractivity contribution in [1.29, 1.82) is 0 Å². The van der Waals surface area contributed by atoms with E-state index in [0.29, 0.717) is 25.2 Å². The lowest BCUT2D eigenvalue weighted by atomic mass is 9.97. The molecule has 1 atom stereocenters. The predicted octanol–water partition coefficient (Wildman–Crippen LogP) is 3.99. The molecule has 1 N–H and O–H groups in total. The molecule has 1 saturated heterocycles. The van der Waals surface area contributed by atoms with Gasteiger partial charge in [0, 0.05) is 45.7 Å². The number of amides is 1. The van der Waals surface area contributed by atoms with E-state index in [2.05, 4.69) is 22.0 Å². The fourth-order valence-electron chi connectivity index (χ4n) is 4.45. The number of carbonyl (C=O) groups excluding carboxylic acids is 1. The van der Waals surface area contributed by atoms with Crippen LogP contribution in [0.3, 0.4) is 0 Å².